The normalized spacial score (nSPS) is 14.6. The molecule has 0 aromatic heterocycles. The van der Waals surface area contributed by atoms with Crippen molar-refractivity contribution in [3.63, 3.8) is 0 Å². The largest absolute Gasteiger partial charge is 0.374 e. The topological polar surface area (TPSA) is 3.24 Å². The molecule has 1 aliphatic rings. The molecule has 0 unspecified atom stereocenters. The molecule has 0 aliphatic carbocycles. The van der Waals surface area contributed by atoms with Gasteiger partial charge >= 0.3 is 0 Å². The number of halogens is 2. The van der Waals surface area contributed by atoms with E-state index in [-0.39, 0.29) is 38.5 Å². The number of benzene rings is 1. The van der Waals surface area contributed by atoms with Crippen molar-refractivity contribution in [2.75, 3.05) is 6.54 Å². The molecule has 0 spiro atoms. The van der Waals surface area contributed by atoms with Crippen molar-refractivity contribution in [3.05, 3.63) is 64.6 Å². The van der Waals surface area contributed by atoms with Gasteiger partial charge in [-0.2, -0.15) is 23.8 Å². The third-order valence-electron chi connectivity index (χ3n) is 3.23. The molecule has 20 heavy (non-hydrogen) atoms. The standard InChI is InChI=1S/C16H16ClFN.Y/c1-4-12-10-13(18)6-7-14(12)16-9-8-15(17)11(3)19(16)5-2;/h6-8,10H,3-5H2,1-2H3;/q-1;. The number of rotatable bonds is 3. The van der Waals surface area contributed by atoms with Crippen LogP contribution in [-0.4, -0.2) is 11.4 Å². The fourth-order valence-electron chi connectivity index (χ4n) is 2.21. The van der Waals surface area contributed by atoms with E-state index in [1.807, 2.05) is 18.7 Å². The molecule has 1 aliphatic heterocycles. The Balaban J connectivity index is 0.00000200. The Morgan fingerprint density at radius 2 is 2.05 bits per heavy atom. The first-order chi connectivity index (χ1) is 9.08. The summed E-state index contributed by atoms with van der Waals surface area (Å²) in [5.74, 6) is -0.215. The van der Waals surface area contributed by atoms with E-state index in [4.69, 9.17) is 11.6 Å². The summed E-state index contributed by atoms with van der Waals surface area (Å²) in [6.45, 7) is 8.76. The zero-order valence-corrected chi connectivity index (χ0v) is 15.3. The van der Waals surface area contributed by atoms with Gasteiger partial charge in [0.05, 0.1) is 0 Å². The second-order valence-corrected chi connectivity index (χ2v) is 4.74. The van der Waals surface area contributed by atoms with E-state index in [0.29, 0.717) is 5.03 Å². The summed E-state index contributed by atoms with van der Waals surface area (Å²) < 4.78 is 13.3. The average Bonchev–Trinajstić information content (AvgIpc) is 2.41. The summed E-state index contributed by atoms with van der Waals surface area (Å²) in [5, 5.41) is 0.589. The molecule has 0 N–H and O–H groups in total. The molecule has 0 saturated carbocycles. The second-order valence-electron chi connectivity index (χ2n) is 4.33. The number of likely N-dealkylation sites (N-methyl/N-ethyl adjacent to an activating group) is 1. The number of aryl methyl sites for hydroxylation is 1. The average molecular weight is 366 g/mol. The van der Waals surface area contributed by atoms with E-state index in [0.717, 1.165) is 35.5 Å². The number of hydrogen-bond donors (Lipinski definition) is 0. The maximum atomic E-state index is 13.3. The fourth-order valence-corrected chi connectivity index (χ4v) is 2.37. The van der Waals surface area contributed by atoms with Crippen LogP contribution in [0.5, 0.6) is 0 Å². The van der Waals surface area contributed by atoms with Crippen molar-refractivity contribution in [3.8, 4) is 0 Å². The van der Waals surface area contributed by atoms with Crippen LogP contribution in [-0.2, 0) is 39.1 Å². The first kappa shape index (κ1) is 17.6. The molecule has 103 valence electrons. The number of allylic oxidation sites excluding steroid dienone is 3. The SMILES string of the molecule is C=C1C(Cl)=C[C-]=C(c2ccc(F)cc2CC)N1CC.[Y]. The van der Waals surface area contributed by atoms with Gasteiger partial charge in [-0.05, 0) is 36.2 Å². The van der Waals surface area contributed by atoms with E-state index in [1.165, 1.54) is 6.07 Å². The molecular weight excluding hydrogens is 350 g/mol. The van der Waals surface area contributed by atoms with E-state index in [9.17, 15) is 4.39 Å². The zero-order valence-electron chi connectivity index (χ0n) is 11.7. The van der Waals surface area contributed by atoms with Gasteiger partial charge < -0.3 is 4.90 Å². The van der Waals surface area contributed by atoms with Gasteiger partial charge in [0.2, 0.25) is 0 Å². The summed E-state index contributed by atoms with van der Waals surface area (Å²) in [5.41, 5.74) is 3.59. The number of hydrogen-bond acceptors (Lipinski definition) is 1. The Morgan fingerprint density at radius 1 is 1.35 bits per heavy atom. The van der Waals surface area contributed by atoms with E-state index in [1.54, 1.807) is 18.2 Å². The molecular formula is C16H16ClFNY-. The number of nitrogens with zero attached hydrogens (tertiary/aromatic N) is 1. The molecule has 0 saturated heterocycles. The van der Waals surface area contributed by atoms with Gasteiger partial charge in [0.25, 0.3) is 0 Å². The van der Waals surface area contributed by atoms with Crippen molar-refractivity contribution < 1.29 is 37.1 Å². The molecule has 1 radical (unpaired) electrons. The molecule has 0 atom stereocenters. The maximum Gasteiger partial charge on any atom is 0.121 e. The molecule has 0 bridgehead atoms. The quantitative estimate of drug-likeness (QED) is 0.713. The van der Waals surface area contributed by atoms with Crippen molar-refractivity contribution in [2.45, 2.75) is 20.3 Å². The minimum absolute atomic E-state index is 0. The molecule has 4 heteroatoms. The maximum absolute atomic E-state index is 13.3. The van der Waals surface area contributed by atoms with Crippen molar-refractivity contribution in [1.29, 1.82) is 0 Å². The van der Waals surface area contributed by atoms with E-state index >= 15 is 0 Å². The third kappa shape index (κ3) is 3.42. The minimum Gasteiger partial charge on any atom is -0.374 e. The minimum atomic E-state index is -0.215. The predicted octanol–water partition coefficient (Wildman–Crippen LogP) is 4.50. The van der Waals surface area contributed by atoms with Gasteiger partial charge in [0.1, 0.15) is 5.82 Å². The molecule has 0 amide bonds. The Labute approximate surface area is 150 Å². The van der Waals surface area contributed by atoms with Crippen LogP contribution in [0.4, 0.5) is 4.39 Å². The first-order valence-corrected chi connectivity index (χ1v) is 6.71. The van der Waals surface area contributed by atoms with Gasteiger partial charge in [0.15, 0.2) is 0 Å². The second kappa shape index (κ2) is 7.54. The molecule has 1 heterocycles. The van der Waals surface area contributed by atoms with Crippen LogP contribution in [0.25, 0.3) is 5.70 Å². The smallest absolute Gasteiger partial charge is 0.121 e. The van der Waals surface area contributed by atoms with Crippen LogP contribution in [0, 0.1) is 11.9 Å². The van der Waals surface area contributed by atoms with Gasteiger partial charge in [-0.25, -0.2) is 4.39 Å². The summed E-state index contributed by atoms with van der Waals surface area (Å²) in [6.07, 6.45) is 5.66. The predicted molar refractivity (Wildman–Crippen MR) is 77.9 cm³/mol. The van der Waals surface area contributed by atoms with Gasteiger partial charge in [-0.1, -0.05) is 30.3 Å². The molecule has 1 aromatic rings. The monoisotopic (exact) mass is 365 g/mol. The van der Waals surface area contributed by atoms with Crippen LogP contribution in [0.3, 0.4) is 0 Å². The van der Waals surface area contributed by atoms with Crippen LogP contribution in [0.15, 0.2) is 41.6 Å². The van der Waals surface area contributed by atoms with Crippen LogP contribution < -0.4 is 0 Å². The Kier molecular flexibility index (Phi) is 6.64. The zero-order chi connectivity index (χ0) is 14.0. The first-order valence-electron chi connectivity index (χ1n) is 6.33. The van der Waals surface area contributed by atoms with Gasteiger partial charge in [-0.15, -0.1) is 6.07 Å². The van der Waals surface area contributed by atoms with E-state index in [2.05, 4.69) is 12.7 Å². The molecule has 2 rings (SSSR count). The van der Waals surface area contributed by atoms with Gasteiger partial charge in [-0.3, -0.25) is 0 Å². The molecule has 0 fully saturated rings. The Hall–Kier alpha value is -0.436. The summed E-state index contributed by atoms with van der Waals surface area (Å²) in [7, 11) is 0. The summed E-state index contributed by atoms with van der Waals surface area (Å²) in [6, 6.07) is 4.83. The summed E-state index contributed by atoms with van der Waals surface area (Å²) >= 11 is 6.08. The van der Waals surface area contributed by atoms with E-state index < -0.39 is 0 Å². The fraction of sp³-hybridized carbons (Fsp3) is 0.250. The Morgan fingerprint density at radius 3 is 2.65 bits per heavy atom. The molecule has 1 aromatic carbocycles. The third-order valence-corrected chi connectivity index (χ3v) is 3.55. The Bertz CT molecular complexity index is 578. The van der Waals surface area contributed by atoms with Crippen molar-refractivity contribution in [1.82, 2.24) is 4.90 Å². The van der Waals surface area contributed by atoms with Gasteiger partial charge in [0, 0.05) is 39.3 Å². The van der Waals surface area contributed by atoms with Crippen molar-refractivity contribution in [2.24, 2.45) is 0 Å². The van der Waals surface area contributed by atoms with Crippen molar-refractivity contribution >= 4 is 17.3 Å². The van der Waals surface area contributed by atoms with Crippen LogP contribution >= 0.6 is 11.6 Å². The van der Waals surface area contributed by atoms with Crippen LogP contribution in [0.2, 0.25) is 0 Å². The molecule has 1 nitrogen and oxygen atoms in total. The summed E-state index contributed by atoms with van der Waals surface area (Å²) in [4.78, 5) is 1.99. The van der Waals surface area contributed by atoms with Crippen LogP contribution in [0.1, 0.15) is 25.0 Å².